The highest BCUT2D eigenvalue weighted by molar-refractivity contribution is 5.78. The molecule has 1 fully saturated rings. The molecule has 0 radical (unpaired) electrons. The van der Waals surface area contributed by atoms with Crippen LogP contribution in [0.3, 0.4) is 0 Å². The molecule has 1 amide bonds. The predicted molar refractivity (Wildman–Crippen MR) is 84.9 cm³/mol. The Morgan fingerprint density at radius 3 is 2.40 bits per heavy atom. The van der Waals surface area contributed by atoms with Crippen LogP contribution < -0.4 is 5.32 Å². The molecule has 0 heterocycles. The number of carbonyl (C=O) groups excluding carboxylic acids is 1. The summed E-state index contributed by atoms with van der Waals surface area (Å²) in [6.07, 6.45) is 8.06. The zero-order valence-corrected chi connectivity index (χ0v) is 13.7. The van der Waals surface area contributed by atoms with E-state index in [1.54, 1.807) is 0 Å². The van der Waals surface area contributed by atoms with E-state index in [1.807, 2.05) is 18.7 Å². The zero-order chi connectivity index (χ0) is 14.8. The lowest BCUT2D eigenvalue weighted by Crippen LogP contribution is -2.39. The average molecular weight is 283 g/mol. The molecule has 0 aromatic carbocycles. The van der Waals surface area contributed by atoms with E-state index >= 15 is 0 Å². The molecule has 1 N–H and O–H groups in total. The normalized spacial score (nSPS) is 16.6. The Hall–Kier alpha value is -0.610. The maximum atomic E-state index is 11.8. The molecule has 0 bridgehead atoms. The molecule has 4 nitrogen and oxygen atoms in total. The molecule has 1 rings (SSSR count). The molecule has 0 unspecified atom stereocenters. The molecule has 0 saturated heterocycles. The van der Waals surface area contributed by atoms with Crippen molar-refractivity contribution < 1.29 is 4.79 Å². The number of rotatable bonds is 9. The van der Waals surface area contributed by atoms with Crippen molar-refractivity contribution in [1.29, 1.82) is 0 Å². The monoisotopic (exact) mass is 283 g/mol. The van der Waals surface area contributed by atoms with Gasteiger partial charge in [-0.3, -0.25) is 4.79 Å². The lowest BCUT2D eigenvalue weighted by molar-refractivity contribution is -0.129. The van der Waals surface area contributed by atoms with Crippen molar-refractivity contribution in [2.45, 2.75) is 58.4 Å². The van der Waals surface area contributed by atoms with Crippen LogP contribution in [-0.2, 0) is 4.79 Å². The van der Waals surface area contributed by atoms with E-state index in [-0.39, 0.29) is 5.91 Å². The Kier molecular flexibility index (Phi) is 8.86. The van der Waals surface area contributed by atoms with E-state index in [1.165, 1.54) is 32.1 Å². The van der Waals surface area contributed by atoms with Crippen LogP contribution in [0.1, 0.15) is 52.4 Å². The van der Waals surface area contributed by atoms with Gasteiger partial charge in [-0.15, -0.1) is 0 Å². The first kappa shape index (κ1) is 17.4. The largest absolute Gasteiger partial charge is 0.342 e. The Morgan fingerprint density at radius 2 is 1.80 bits per heavy atom. The molecule has 0 atom stereocenters. The molecule has 0 aliphatic heterocycles. The molecular weight excluding hydrogens is 250 g/mol. The van der Waals surface area contributed by atoms with Gasteiger partial charge >= 0.3 is 0 Å². The fourth-order valence-electron chi connectivity index (χ4n) is 3.04. The summed E-state index contributed by atoms with van der Waals surface area (Å²) in [5, 5.41) is 3.27. The van der Waals surface area contributed by atoms with Crippen LogP contribution in [0.5, 0.6) is 0 Å². The molecule has 1 aliphatic carbocycles. The minimum absolute atomic E-state index is 0.218. The number of amides is 1. The highest BCUT2D eigenvalue weighted by Crippen LogP contribution is 2.21. The third kappa shape index (κ3) is 6.23. The summed E-state index contributed by atoms with van der Waals surface area (Å²) in [5.74, 6) is 0.218. The van der Waals surface area contributed by atoms with Crippen LogP contribution in [-0.4, -0.2) is 61.5 Å². The van der Waals surface area contributed by atoms with Crippen molar-refractivity contribution in [3.05, 3.63) is 0 Å². The van der Waals surface area contributed by atoms with Gasteiger partial charge in [0.2, 0.25) is 5.91 Å². The molecule has 1 aliphatic rings. The summed E-state index contributed by atoms with van der Waals surface area (Å²) < 4.78 is 0. The summed E-state index contributed by atoms with van der Waals surface area (Å²) in [7, 11) is 2.25. The van der Waals surface area contributed by atoms with Crippen molar-refractivity contribution in [3.63, 3.8) is 0 Å². The van der Waals surface area contributed by atoms with E-state index in [0.717, 1.165) is 38.6 Å². The average Bonchev–Trinajstić information content (AvgIpc) is 2.49. The molecule has 0 aromatic rings. The number of nitrogens with zero attached hydrogens (tertiary/aromatic N) is 2. The van der Waals surface area contributed by atoms with Gasteiger partial charge in [0.05, 0.1) is 6.54 Å². The summed E-state index contributed by atoms with van der Waals surface area (Å²) in [4.78, 5) is 16.2. The van der Waals surface area contributed by atoms with E-state index in [4.69, 9.17) is 0 Å². The molecule has 0 aromatic heterocycles. The Balaban J connectivity index is 2.05. The summed E-state index contributed by atoms with van der Waals surface area (Å²) in [6, 6.07) is 0.793. The lowest BCUT2D eigenvalue weighted by atomic mass is 9.94. The summed E-state index contributed by atoms with van der Waals surface area (Å²) >= 11 is 0. The van der Waals surface area contributed by atoms with Crippen molar-refractivity contribution in [2.24, 2.45) is 0 Å². The molecule has 0 spiro atoms. The molecule has 118 valence electrons. The van der Waals surface area contributed by atoms with Crippen LogP contribution in [0.2, 0.25) is 0 Å². The third-order valence-corrected chi connectivity index (χ3v) is 4.45. The Bertz CT molecular complexity index is 260. The lowest BCUT2D eigenvalue weighted by Gasteiger charge is -2.31. The van der Waals surface area contributed by atoms with Gasteiger partial charge < -0.3 is 15.1 Å². The fraction of sp³-hybridized carbons (Fsp3) is 0.938. The maximum absolute atomic E-state index is 11.8. The summed E-state index contributed by atoms with van der Waals surface area (Å²) in [5.41, 5.74) is 0. The summed E-state index contributed by atoms with van der Waals surface area (Å²) in [6.45, 7) is 8.22. The van der Waals surface area contributed by atoms with E-state index in [9.17, 15) is 4.79 Å². The van der Waals surface area contributed by atoms with E-state index in [2.05, 4.69) is 17.3 Å². The third-order valence-electron chi connectivity index (χ3n) is 4.45. The first-order valence-electron chi connectivity index (χ1n) is 8.37. The van der Waals surface area contributed by atoms with Crippen LogP contribution in [0.25, 0.3) is 0 Å². The van der Waals surface area contributed by atoms with Gasteiger partial charge in [0.25, 0.3) is 0 Å². The van der Waals surface area contributed by atoms with Crippen LogP contribution in [0, 0.1) is 0 Å². The number of hydrogen-bond acceptors (Lipinski definition) is 3. The molecule has 4 heteroatoms. The van der Waals surface area contributed by atoms with Gasteiger partial charge in [0.15, 0.2) is 0 Å². The molecule has 20 heavy (non-hydrogen) atoms. The molecule has 1 saturated carbocycles. The highest BCUT2D eigenvalue weighted by atomic mass is 16.2. The SMILES string of the molecule is CCN(CC)C(=O)CNCCCN(C)C1CCCCC1. The standard InChI is InChI=1S/C16H33N3O/c1-4-19(5-2)16(20)14-17-12-9-13-18(3)15-10-7-6-8-11-15/h15,17H,4-14H2,1-3H3. The number of hydrogen-bond donors (Lipinski definition) is 1. The second kappa shape index (κ2) is 10.2. The van der Waals surface area contributed by atoms with E-state index in [0.29, 0.717) is 6.54 Å². The topological polar surface area (TPSA) is 35.6 Å². The number of carbonyl (C=O) groups is 1. The predicted octanol–water partition coefficient (Wildman–Crippen LogP) is 2.10. The maximum Gasteiger partial charge on any atom is 0.236 e. The zero-order valence-electron chi connectivity index (χ0n) is 13.7. The van der Waals surface area contributed by atoms with Crippen molar-refractivity contribution in [2.75, 3.05) is 39.8 Å². The number of likely N-dealkylation sites (N-methyl/N-ethyl adjacent to an activating group) is 1. The van der Waals surface area contributed by atoms with Crippen molar-refractivity contribution in [3.8, 4) is 0 Å². The quantitative estimate of drug-likeness (QED) is 0.658. The Morgan fingerprint density at radius 1 is 1.15 bits per heavy atom. The minimum Gasteiger partial charge on any atom is -0.342 e. The van der Waals surface area contributed by atoms with E-state index < -0.39 is 0 Å². The van der Waals surface area contributed by atoms with Crippen molar-refractivity contribution >= 4 is 5.91 Å². The minimum atomic E-state index is 0.218. The van der Waals surface area contributed by atoms with Crippen molar-refractivity contribution in [1.82, 2.24) is 15.1 Å². The van der Waals surface area contributed by atoms with Gasteiger partial charge in [-0.05, 0) is 53.2 Å². The van der Waals surface area contributed by atoms with Gasteiger partial charge in [-0.25, -0.2) is 0 Å². The fourth-order valence-corrected chi connectivity index (χ4v) is 3.04. The van der Waals surface area contributed by atoms with Gasteiger partial charge in [-0.1, -0.05) is 19.3 Å². The first-order valence-corrected chi connectivity index (χ1v) is 8.37. The highest BCUT2D eigenvalue weighted by Gasteiger charge is 2.17. The second-order valence-electron chi connectivity index (χ2n) is 5.87. The number of nitrogens with one attached hydrogen (secondary N) is 1. The smallest absolute Gasteiger partial charge is 0.236 e. The van der Waals surface area contributed by atoms with Gasteiger partial charge in [0, 0.05) is 19.1 Å². The Labute approximate surface area is 124 Å². The van der Waals surface area contributed by atoms with Crippen LogP contribution >= 0.6 is 0 Å². The van der Waals surface area contributed by atoms with Gasteiger partial charge in [0.1, 0.15) is 0 Å². The van der Waals surface area contributed by atoms with Crippen LogP contribution in [0.15, 0.2) is 0 Å². The second-order valence-corrected chi connectivity index (χ2v) is 5.87. The van der Waals surface area contributed by atoms with Crippen LogP contribution in [0.4, 0.5) is 0 Å². The van der Waals surface area contributed by atoms with Gasteiger partial charge in [-0.2, -0.15) is 0 Å². The molecular formula is C16H33N3O. The first-order chi connectivity index (χ1) is 9.69.